The molecule has 3 rings (SSSR count). The van der Waals surface area contributed by atoms with Gasteiger partial charge in [-0.15, -0.1) is 11.3 Å². The number of benzene rings is 1. The number of anilines is 1. The smallest absolute Gasteiger partial charge is 0.363 e. The summed E-state index contributed by atoms with van der Waals surface area (Å²) in [7, 11) is -3.97. The van der Waals surface area contributed by atoms with Gasteiger partial charge in [0.05, 0.1) is 4.92 Å². The Bertz CT molecular complexity index is 1520. The Labute approximate surface area is 235 Å². The third-order valence-electron chi connectivity index (χ3n) is 5.46. The summed E-state index contributed by atoms with van der Waals surface area (Å²) >= 11 is 0.915. The molecule has 2 heterocycles. The minimum absolute atomic E-state index is 0.0165. The Morgan fingerprint density at radius 2 is 1.93 bits per heavy atom. The number of rotatable bonds is 11. The second-order valence-electron chi connectivity index (χ2n) is 8.73. The molecule has 2 aromatic rings. The number of carbonyl (C=O) groups is 4. The zero-order chi connectivity index (χ0) is 30.7. The number of nitrogens with one attached hydrogen (secondary N) is 2. The second-order valence-corrected chi connectivity index (χ2v) is 10.9. The number of amides is 3. The molecule has 0 radical (unpaired) electrons. The molecule has 0 spiro atoms. The van der Waals surface area contributed by atoms with Gasteiger partial charge in [0.25, 0.3) is 17.5 Å². The number of nitro groups is 1. The lowest BCUT2D eigenvalue weighted by Crippen LogP contribution is -2.76. The Hall–Kier alpha value is -4.69. The Balaban J connectivity index is 1.78. The van der Waals surface area contributed by atoms with Crippen molar-refractivity contribution in [2.24, 2.45) is 5.16 Å². The fourth-order valence-electron chi connectivity index (χ4n) is 3.31. The third-order valence-corrected chi connectivity index (χ3v) is 7.03. The first-order chi connectivity index (χ1) is 19.1. The van der Waals surface area contributed by atoms with Gasteiger partial charge in [0, 0.05) is 24.6 Å². The van der Waals surface area contributed by atoms with Crippen LogP contribution in [0.4, 0.5) is 10.8 Å². The van der Waals surface area contributed by atoms with Crippen molar-refractivity contribution in [3.63, 3.8) is 0 Å². The number of hydrogen-bond acceptors (Lipinski definition) is 14. The number of aromatic nitrogens is 1. The van der Waals surface area contributed by atoms with Crippen molar-refractivity contribution in [1.82, 2.24) is 19.9 Å². The zero-order valence-electron chi connectivity index (χ0n) is 21.5. The summed E-state index contributed by atoms with van der Waals surface area (Å²) in [6, 6.07) is 1.73. The normalized spacial score (nSPS) is 17.3. The van der Waals surface area contributed by atoms with Gasteiger partial charge in [-0.2, -0.15) is 12.7 Å². The highest BCUT2D eigenvalue weighted by atomic mass is 32.2. The number of hydrogen-bond donors (Lipinski definition) is 4. The van der Waals surface area contributed by atoms with Gasteiger partial charge < -0.3 is 25.9 Å². The summed E-state index contributed by atoms with van der Waals surface area (Å²) in [6.07, 6.45) is 0. The van der Waals surface area contributed by atoms with Gasteiger partial charge in [0.15, 0.2) is 16.9 Å². The molecule has 3 amide bonds. The number of nitrogen functional groups attached to an aromatic ring is 1. The lowest BCUT2D eigenvalue weighted by molar-refractivity contribution is -0.384. The van der Waals surface area contributed by atoms with Crippen molar-refractivity contribution < 1.29 is 46.6 Å². The van der Waals surface area contributed by atoms with E-state index >= 15 is 0 Å². The highest BCUT2D eigenvalue weighted by Gasteiger charge is 2.57. The topological polar surface area (TPSA) is 263 Å². The molecule has 1 aromatic carbocycles. The van der Waals surface area contributed by atoms with E-state index in [2.05, 4.69) is 20.8 Å². The number of thiazole rings is 1. The second kappa shape index (κ2) is 11.8. The van der Waals surface area contributed by atoms with Crippen molar-refractivity contribution in [3.05, 3.63) is 51.0 Å². The molecule has 41 heavy (non-hydrogen) atoms. The van der Waals surface area contributed by atoms with Crippen LogP contribution in [0.25, 0.3) is 0 Å². The van der Waals surface area contributed by atoms with Crippen molar-refractivity contribution >= 4 is 61.9 Å². The molecule has 20 heteroatoms. The molecular weight excluding hydrogens is 590 g/mol. The molecule has 1 fully saturated rings. The van der Waals surface area contributed by atoms with Gasteiger partial charge in [0.2, 0.25) is 11.5 Å². The van der Waals surface area contributed by atoms with Crippen molar-refractivity contribution in [2.75, 3.05) is 12.8 Å². The molecule has 5 N–H and O–H groups in total. The third kappa shape index (κ3) is 6.91. The largest absolute Gasteiger partial charge is 0.458 e. The highest BCUT2D eigenvalue weighted by Crippen LogP contribution is 2.24. The predicted molar refractivity (Wildman–Crippen MR) is 139 cm³/mol. The molecule has 1 saturated heterocycles. The van der Waals surface area contributed by atoms with E-state index in [0.29, 0.717) is 5.56 Å². The maximum Gasteiger partial charge on any atom is 0.363 e. The molecular formula is C21H23N7O11S2. The highest BCUT2D eigenvalue weighted by molar-refractivity contribution is 7.84. The Kier molecular flexibility index (Phi) is 8.89. The molecule has 0 bridgehead atoms. The van der Waals surface area contributed by atoms with Crippen LogP contribution >= 0.6 is 11.3 Å². The van der Waals surface area contributed by atoms with Gasteiger partial charge in [-0.3, -0.25) is 29.1 Å². The van der Waals surface area contributed by atoms with Gasteiger partial charge in [-0.1, -0.05) is 5.16 Å². The lowest BCUT2D eigenvalue weighted by atomic mass is 9.97. The fourth-order valence-corrected chi connectivity index (χ4v) is 4.70. The van der Waals surface area contributed by atoms with E-state index in [9.17, 15) is 42.3 Å². The summed E-state index contributed by atoms with van der Waals surface area (Å²) in [6.45, 7) is 2.26. The number of nitrogens with zero attached hydrogens (tertiary/aromatic N) is 4. The van der Waals surface area contributed by atoms with Crippen LogP contribution in [0.2, 0.25) is 0 Å². The van der Waals surface area contributed by atoms with E-state index in [1.807, 2.05) is 0 Å². The summed E-state index contributed by atoms with van der Waals surface area (Å²) in [5.41, 5.74) is 3.39. The van der Waals surface area contributed by atoms with Crippen LogP contribution in [0.5, 0.6) is 0 Å². The van der Waals surface area contributed by atoms with Gasteiger partial charge in [-0.25, -0.2) is 9.78 Å². The number of likely N-dealkylation sites (N-methyl/N-ethyl adjacent to an activating group) is 1. The quantitative estimate of drug-likeness (QED) is 0.0600. The minimum Gasteiger partial charge on any atom is -0.458 e. The number of non-ortho nitro benzene ring substituents is 1. The average molecular weight is 614 g/mol. The first kappa shape index (κ1) is 30.8. The predicted octanol–water partition coefficient (Wildman–Crippen LogP) is -0.879. The molecule has 0 unspecified atom stereocenters. The molecule has 0 saturated carbocycles. The van der Waals surface area contributed by atoms with Crippen LogP contribution < -0.4 is 16.4 Å². The fraction of sp³-hybridized carbons (Fsp3) is 0.333. The van der Waals surface area contributed by atoms with E-state index in [4.69, 9.17) is 15.3 Å². The Morgan fingerprint density at radius 3 is 2.44 bits per heavy atom. The van der Waals surface area contributed by atoms with Crippen LogP contribution in [0.3, 0.4) is 0 Å². The lowest BCUT2D eigenvalue weighted by Gasteiger charge is -2.42. The first-order valence-electron chi connectivity index (χ1n) is 11.3. The van der Waals surface area contributed by atoms with E-state index in [1.54, 1.807) is 0 Å². The van der Waals surface area contributed by atoms with E-state index < -0.39 is 62.3 Å². The number of oxime groups is 1. The van der Waals surface area contributed by atoms with Crippen LogP contribution in [-0.2, 0) is 45.7 Å². The standard InChI is InChI=1S/C21H23N7O11S2/c1-21(2,19(32)38-8-10-4-6-11(7-5-10)28(33)34)39-26-13(12-9-40-20(22)24-12)16(29)25-14-15(17(30)23-3)27(18(14)31)41(35,36)37/h4-7,9,14-15H,8H2,1-3H3,(H2,22,24)(H,23,30)(H,25,29)(H,35,36,37)/b26-13-/t14-,15-/m1/s1. The van der Waals surface area contributed by atoms with Gasteiger partial charge in [-0.05, 0) is 31.5 Å². The zero-order valence-corrected chi connectivity index (χ0v) is 23.1. The monoisotopic (exact) mass is 613 g/mol. The maximum atomic E-state index is 13.1. The molecule has 1 aromatic heterocycles. The van der Waals surface area contributed by atoms with Crippen LogP contribution in [-0.4, -0.2) is 81.3 Å². The number of esters is 1. The molecule has 1 aliphatic rings. The number of nitrogens with two attached hydrogens (primary N) is 1. The molecule has 1 aliphatic heterocycles. The van der Waals surface area contributed by atoms with Crippen LogP contribution in [0, 0.1) is 10.1 Å². The summed E-state index contributed by atoms with van der Waals surface area (Å²) in [4.78, 5) is 69.7. The molecule has 220 valence electrons. The number of carbonyl (C=O) groups excluding carboxylic acids is 4. The van der Waals surface area contributed by atoms with Crippen LogP contribution in [0.15, 0.2) is 34.8 Å². The molecule has 2 atom stereocenters. The van der Waals surface area contributed by atoms with Crippen molar-refractivity contribution in [1.29, 1.82) is 0 Å². The number of ether oxygens (including phenoxy) is 1. The van der Waals surface area contributed by atoms with Gasteiger partial charge in [0.1, 0.15) is 18.3 Å². The summed E-state index contributed by atoms with van der Waals surface area (Å²) in [5, 5.41) is 20.1. The van der Waals surface area contributed by atoms with E-state index in [0.717, 1.165) is 18.4 Å². The Morgan fingerprint density at radius 1 is 1.29 bits per heavy atom. The van der Waals surface area contributed by atoms with Gasteiger partial charge >= 0.3 is 16.3 Å². The van der Waals surface area contributed by atoms with Crippen molar-refractivity contribution in [2.45, 2.75) is 38.1 Å². The van der Waals surface area contributed by atoms with E-state index in [1.165, 1.54) is 43.5 Å². The first-order valence-corrected chi connectivity index (χ1v) is 13.6. The average Bonchev–Trinajstić information content (AvgIpc) is 3.33. The van der Waals surface area contributed by atoms with Crippen molar-refractivity contribution in [3.8, 4) is 0 Å². The number of nitro benzene ring substituents is 1. The molecule has 18 nitrogen and oxygen atoms in total. The minimum atomic E-state index is -5.12. The number of β-lactam (4-membered cyclic amide) rings is 1. The molecule has 0 aliphatic carbocycles. The SMILES string of the molecule is CNC(=O)[C@H]1[C@@H](NC(=O)/C(=N\OC(C)(C)C(=O)OCc2ccc([N+](=O)[O-])cc2)c2csc(N)n2)C(=O)N1S(=O)(=O)O. The van der Waals surface area contributed by atoms with Crippen LogP contribution in [0.1, 0.15) is 25.1 Å². The maximum absolute atomic E-state index is 13.1. The summed E-state index contributed by atoms with van der Waals surface area (Å²) < 4.78 is 37.4. The summed E-state index contributed by atoms with van der Waals surface area (Å²) in [5.74, 6) is -4.40. The van der Waals surface area contributed by atoms with E-state index in [-0.39, 0.29) is 27.4 Å².